The Hall–Kier alpha value is -1.26. The largest absolute Gasteiger partial charge is 0.454 e. The quantitative estimate of drug-likeness (QED) is 0.719. The molecule has 76 valence electrons. The van der Waals surface area contributed by atoms with E-state index in [1.807, 2.05) is 18.2 Å². The van der Waals surface area contributed by atoms with Crippen molar-refractivity contribution in [1.82, 2.24) is 0 Å². The van der Waals surface area contributed by atoms with Crippen molar-refractivity contribution in [3.63, 3.8) is 0 Å². The Bertz CT molecular complexity index is 327. The highest BCUT2D eigenvalue weighted by atomic mass is 16.7. The molecule has 1 aliphatic rings. The van der Waals surface area contributed by atoms with Gasteiger partial charge in [-0.3, -0.25) is 0 Å². The van der Waals surface area contributed by atoms with Crippen molar-refractivity contribution in [3.05, 3.63) is 23.8 Å². The SMILES string of the molecule is [NH3+][C@H](CCO)c1ccc2c(c1)OCO2. The first-order valence-corrected chi connectivity index (χ1v) is 4.65. The molecule has 1 atom stereocenters. The summed E-state index contributed by atoms with van der Waals surface area (Å²) < 4.78 is 10.5. The van der Waals surface area contributed by atoms with Crippen molar-refractivity contribution in [2.75, 3.05) is 13.4 Å². The summed E-state index contributed by atoms with van der Waals surface area (Å²) in [6, 6.07) is 5.87. The fraction of sp³-hybridized carbons (Fsp3) is 0.400. The standard InChI is InChI=1S/C10H13NO3/c11-8(3-4-12)7-1-2-9-10(5-7)14-6-13-9/h1-2,5,8,12H,3-4,6,11H2/p+1/t8-/m1/s1. The van der Waals surface area contributed by atoms with Crippen LogP contribution in [-0.2, 0) is 0 Å². The van der Waals surface area contributed by atoms with E-state index in [9.17, 15) is 0 Å². The van der Waals surface area contributed by atoms with E-state index < -0.39 is 0 Å². The van der Waals surface area contributed by atoms with Crippen molar-refractivity contribution in [3.8, 4) is 11.5 Å². The molecule has 4 nitrogen and oxygen atoms in total. The molecule has 2 rings (SSSR count). The molecule has 1 aliphatic heterocycles. The zero-order valence-electron chi connectivity index (χ0n) is 7.90. The smallest absolute Gasteiger partial charge is 0.231 e. The molecule has 0 unspecified atom stereocenters. The molecule has 1 aromatic rings. The number of benzene rings is 1. The predicted octanol–water partition coefficient (Wildman–Crippen LogP) is 0.0807. The van der Waals surface area contributed by atoms with Gasteiger partial charge in [0, 0.05) is 18.6 Å². The maximum atomic E-state index is 8.80. The van der Waals surface area contributed by atoms with E-state index in [1.54, 1.807) is 0 Å². The first-order chi connectivity index (χ1) is 6.81. The summed E-state index contributed by atoms with van der Waals surface area (Å²) in [5.74, 6) is 1.55. The fourth-order valence-electron chi connectivity index (χ4n) is 1.49. The second-order valence-electron chi connectivity index (χ2n) is 3.32. The van der Waals surface area contributed by atoms with Crippen LogP contribution < -0.4 is 15.2 Å². The first-order valence-electron chi connectivity index (χ1n) is 4.65. The second kappa shape index (κ2) is 3.86. The van der Waals surface area contributed by atoms with Gasteiger partial charge in [-0.05, 0) is 18.2 Å². The second-order valence-corrected chi connectivity index (χ2v) is 3.32. The van der Waals surface area contributed by atoms with Crippen molar-refractivity contribution < 1.29 is 20.3 Å². The van der Waals surface area contributed by atoms with Crippen LogP contribution in [0.4, 0.5) is 0 Å². The van der Waals surface area contributed by atoms with Gasteiger partial charge in [-0.2, -0.15) is 0 Å². The van der Waals surface area contributed by atoms with E-state index in [-0.39, 0.29) is 12.6 Å². The Kier molecular flexibility index (Phi) is 2.56. The van der Waals surface area contributed by atoms with E-state index in [0.717, 1.165) is 17.1 Å². The number of aliphatic hydroxyl groups is 1. The van der Waals surface area contributed by atoms with Crippen LogP contribution in [0.1, 0.15) is 18.0 Å². The van der Waals surface area contributed by atoms with Crippen molar-refractivity contribution in [1.29, 1.82) is 0 Å². The number of quaternary nitrogens is 1. The summed E-state index contributed by atoms with van der Waals surface area (Å²) >= 11 is 0. The molecular weight excluding hydrogens is 182 g/mol. The summed E-state index contributed by atoms with van der Waals surface area (Å²) in [7, 11) is 0. The maximum absolute atomic E-state index is 8.80. The molecule has 0 amide bonds. The van der Waals surface area contributed by atoms with Crippen LogP contribution in [-0.4, -0.2) is 18.5 Å². The topological polar surface area (TPSA) is 66.3 Å². The first kappa shape index (κ1) is 9.30. The lowest BCUT2D eigenvalue weighted by Gasteiger charge is -2.07. The lowest BCUT2D eigenvalue weighted by molar-refractivity contribution is -0.428. The molecule has 0 fully saturated rings. The molecule has 0 radical (unpaired) electrons. The molecule has 4 N–H and O–H groups in total. The summed E-state index contributed by atoms with van der Waals surface area (Å²) in [6.07, 6.45) is 0.666. The van der Waals surface area contributed by atoms with Crippen molar-refractivity contribution in [2.24, 2.45) is 0 Å². The van der Waals surface area contributed by atoms with Gasteiger partial charge in [0.1, 0.15) is 6.04 Å². The summed E-state index contributed by atoms with van der Waals surface area (Å²) in [5, 5.41) is 8.80. The number of fused-ring (bicyclic) bond motifs is 1. The Morgan fingerprint density at radius 2 is 2.14 bits per heavy atom. The van der Waals surface area contributed by atoms with Crippen molar-refractivity contribution >= 4 is 0 Å². The maximum Gasteiger partial charge on any atom is 0.231 e. The summed E-state index contributed by atoms with van der Waals surface area (Å²) in [6.45, 7) is 0.448. The fourth-order valence-corrected chi connectivity index (χ4v) is 1.49. The van der Waals surface area contributed by atoms with E-state index in [2.05, 4.69) is 5.73 Å². The molecule has 1 heterocycles. The minimum atomic E-state index is 0.106. The van der Waals surface area contributed by atoms with Crippen LogP contribution >= 0.6 is 0 Å². The van der Waals surface area contributed by atoms with Gasteiger partial charge in [0.05, 0.1) is 0 Å². The Morgan fingerprint density at radius 3 is 2.93 bits per heavy atom. The monoisotopic (exact) mass is 196 g/mol. The zero-order valence-corrected chi connectivity index (χ0v) is 7.90. The lowest BCUT2D eigenvalue weighted by Crippen LogP contribution is -2.53. The lowest BCUT2D eigenvalue weighted by atomic mass is 10.0. The van der Waals surface area contributed by atoms with E-state index >= 15 is 0 Å². The third kappa shape index (κ3) is 1.66. The minimum Gasteiger partial charge on any atom is -0.454 e. The minimum absolute atomic E-state index is 0.106. The molecule has 0 saturated heterocycles. The molecule has 4 heteroatoms. The predicted molar refractivity (Wildman–Crippen MR) is 49.9 cm³/mol. The zero-order chi connectivity index (χ0) is 9.97. The molecule has 0 aromatic heterocycles. The van der Waals surface area contributed by atoms with Gasteiger partial charge < -0.3 is 20.3 Å². The molecular formula is C10H14NO3+. The van der Waals surface area contributed by atoms with Gasteiger partial charge in [-0.25, -0.2) is 0 Å². The summed E-state index contributed by atoms with van der Waals surface area (Å²) in [5.41, 5.74) is 5.04. The number of hydrogen-bond acceptors (Lipinski definition) is 3. The Balaban J connectivity index is 2.19. The van der Waals surface area contributed by atoms with Gasteiger partial charge in [0.15, 0.2) is 11.5 Å². The molecule has 0 saturated carbocycles. The van der Waals surface area contributed by atoms with Gasteiger partial charge in [-0.15, -0.1) is 0 Å². The van der Waals surface area contributed by atoms with Gasteiger partial charge in [0.2, 0.25) is 6.79 Å². The molecule has 0 spiro atoms. The number of aliphatic hydroxyl groups excluding tert-OH is 1. The highest BCUT2D eigenvalue weighted by Crippen LogP contribution is 2.33. The molecule has 0 bridgehead atoms. The van der Waals surface area contributed by atoms with Gasteiger partial charge in [-0.1, -0.05) is 0 Å². The number of rotatable bonds is 3. The number of ether oxygens (including phenoxy) is 2. The number of hydrogen-bond donors (Lipinski definition) is 2. The van der Waals surface area contributed by atoms with Crippen LogP contribution in [0.2, 0.25) is 0 Å². The third-order valence-corrected chi connectivity index (χ3v) is 2.35. The molecule has 1 aromatic carbocycles. The Morgan fingerprint density at radius 1 is 1.36 bits per heavy atom. The highest BCUT2D eigenvalue weighted by Gasteiger charge is 2.16. The summed E-state index contributed by atoms with van der Waals surface area (Å²) in [4.78, 5) is 0. The third-order valence-electron chi connectivity index (χ3n) is 2.35. The molecule has 0 aliphatic carbocycles. The highest BCUT2D eigenvalue weighted by molar-refractivity contribution is 5.44. The van der Waals surface area contributed by atoms with E-state index in [1.165, 1.54) is 0 Å². The van der Waals surface area contributed by atoms with Gasteiger partial charge in [0.25, 0.3) is 0 Å². The van der Waals surface area contributed by atoms with Crippen LogP contribution in [0.5, 0.6) is 11.5 Å². The average molecular weight is 196 g/mol. The van der Waals surface area contributed by atoms with Crippen LogP contribution in [0, 0.1) is 0 Å². The Labute approximate surface area is 82.2 Å². The van der Waals surface area contributed by atoms with Crippen molar-refractivity contribution in [2.45, 2.75) is 12.5 Å². The van der Waals surface area contributed by atoms with Crippen LogP contribution in [0.15, 0.2) is 18.2 Å². The van der Waals surface area contributed by atoms with Crippen LogP contribution in [0.3, 0.4) is 0 Å². The molecule has 14 heavy (non-hydrogen) atoms. The van der Waals surface area contributed by atoms with E-state index in [0.29, 0.717) is 13.2 Å². The van der Waals surface area contributed by atoms with Gasteiger partial charge >= 0.3 is 0 Å². The average Bonchev–Trinajstić information content (AvgIpc) is 2.64. The normalized spacial score (nSPS) is 15.6. The van der Waals surface area contributed by atoms with E-state index in [4.69, 9.17) is 14.6 Å². The van der Waals surface area contributed by atoms with Crippen LogP contribution in [0.25, 0.3) is 0 Å².